The van der Waals surface area contributed by atoms with E-state index in [1.54, 1.807) is 18.2 Å². The summed E-state index contributed by atoms with van der Waals surface area (Å²) < 4.78 is 4.73. The molecule has 0 spiro atoms. The van der Waals surface area contributed by atoms with Crippen LogP contribution in [0.25, 0.3) is 0 Å². The van der Waals surface area contributed by atoms with E-state index in [1.807, 2.05) is 0 Å². The SMILES string of the molecule is O=C1NC(c2cccc(Cl)n2)CO1. The minimum Gasteiger partial charge on any atom is -0.447 e. The molecule has 1 unspecified atom stereocenters. The minimum atomic E-state index is -0.410. The van der Waals surface area contributed by atoms with Crippen molar-refractivity contribution in [3.05, 3.63) is 29.0 Å². The Balaban J connectivity index is 2.21. The van der Waals surface area contributed by atoms with Crippen molar-refractivity contribution in [3.8, 4) is 0 Å². The fraction of sp³-hybridized carbons (Fsp3) is 0.250. The van der Waals surface area contributed by atoms with Crippen molar-refractivity contribution in [1.29, 1.82) is 0 Å². The Hall–Kier alpha value is -1.29. The first-order valence-corrected chi connectivity index (χ1v) is 4.19. The molecule has 1 aromatic rings. The molecular weight excluding hydrogens is 192 g/mol. The van der Waals surface area contributed by atoms with Gasteiger partial charge in [-0.05, 0) is 12.1 Å². The summed E-state index contributed by atoms with van der Waals surface area (Å²) >= 11 is 5.70. The number of carbonyl (C=O) groups excluding carboxylic acids is 1. The number of carbonyl (C=O) groups is 1. The Morgan fingerprint density at radius 1 is 1.62 bits per heavy atom. The van der Waals surface area contributed by atoms with E-state index in [0.29, 0.717) is 11.8 Å². The molecule has 1 aliphatic heterocycles. The lowest BCUT2D eigenvalue weighted by molar-refractivity contribution is 0.177. The summed E-state index contributed by atoms with van der Waals surface area (Å²) in [7, 11) is 0. The van der Waals surface area contributed by atoms with E-state index < -0.39 is 6.09 Å². The van der Waals surface area contributed by atoms with Crippen LogP contribution in [0.2, 0.25) is 5.15 Å². The van der Waals surface area contributed by atoms with Gasteiger partial charge in [-0.3, -0.25) is 0 Å². The zero-order valence-electron chi connectivity index (χ0n) is 6.66. The summed E-state index contributed by atoms with van der Waals surface area (Å²) in [6.45, 7) is 0.312. The molecule has 1 saturated heterocycles. The first-order valence-electron chi connectivity index (χ1n) is 3.81. The largest absolute Gasteiger partial charge is 0.447 e. The average Bonchev–Trinajstić information content (AvgIpc) is 2.52. The molecule has 4 nitrogen and oxygen atoms in total. The highest BCUT2D eigenvalue weighted by Crippen LogP contribution is 2.17. The Bertz CT molecular complexity index is 343. The van der Waals surface area contributed by atoms with Crippen LogP contribution < -0.4 is 5.32 Å². The maximum atomic E-state index is 10.7. The molecule has 1 aromatic heterocycles. The Kier molecular flexibility index (Phi) is 2.06. The van der Waals surface area contributed by atoms with E-state index in [2.05, 4.69) is 10.3 Å². The third-order valence-corrected chi connectivity index (χ3v) is 1.98. The normalized spacial score (nSPS) is 21.0. The van der Waals surface area contributed by atoms with E-state index >= 15 is 0 Å². The molecule has 0 aliphatic carbocycles. The van der Waals surface area contributed by atoms with Crippen LogP contribution in [0.5, 0.6) is 0 Å². The Morgan fingerprint density at radius 2 is 2.46 bits per heavy atom. The lowest BCUT2D eigenvalue weighted by atomic mass is 10.2. The summed E-state index contributed by atoms with van der Waals surface area (Å²) in [6.07, 6.45) is -0.410. The van der Waals surface area contributed by atoms with Crippen molar-refractivity contribution in [3.63, 3.8) is 0 Å². The van der Waals surface area contributed by atoms with E-state index in [4.69, 9.17) is 16.3 Å². The minimum absolute atomic E-state index is 0.175. The number of aromatic nitrogens is 1. The molecule has 0 saturated carbocycles. The van der Waals surface area contributed by atoms with Crippen LogP contribution >= 0.6 is 11.6 Å². The number of pyridine rings is 1. The lowest BCUT2D eigenvalue weighted by Crippen LogP contribution is -2.19. The summed E-state index contributed by atoms with van der Waals surface area (Å²) in [5.74, 6) is 0. The highest BCUT2D eigenvalue weighted by molar-refractivity contribution is 6.29. The zero-order valence-corrected chi connectivity index (χ0v) is 7.41. The standard InChI is InChI=1S/C8H7ClN2O2/c9-7-3-1-2-5(10-7)6-4-13-8(12)11-6/h1-3,6H,4H2,(H,11,12). The molecule has 0 aromatic carbocycles. The van der Waals surface area contributed by atoms with Crippen LogP contribution in [0.1, 0.15) is 11.7 Å². The van der Waals surface area contributed by atoms with Crippen molar-refractivity contribution >= 4 is 17.7 Å². The smallest absolute Gasteiger partial charge is 0.407 e. The number of amides is 1. The predicted octanol–water partition coefficient (Wildman–Crippen LogP) is 1.52. The average molecular weight is 199 g/mol. The Morgan fingerprint density at radius 3 is 3.08 bits per heavy atom. The van der Waals surface area contributed by atoms with Gasteiger partial charge in [0.15, 0.2) is 0 Å². The number of alkyl carbamates (subject to hydrolysis) is 1. The molecule has 1 fully saturated rings. The lowest BCUT2D eigenvalue weighted by Gasteiger charge is -2.05. The molecule has 1 aliphatic rings. The predicted molar refractivity (Wildman–Crippen MR) is 46.5 cm³/mol. The monoisotopic (exact) mass is 198 g/mol. The molecule has 1 amide bonds. The number of hydrogen-bond acceptors (Lipinski definition) is 3. The van der Waals surface area contributed by atoms with Gasteiger partial charge < -0.3 is 10.1 Å². The third-order valence-electron chi connectivity index (χ3n) is 1.77. The van der Waals surface area contributed by atoms with Crippen LogP contribution in [0.4, 0.5) is 4.79 Å². The topological polar surface area (TPSA) is 51.2 Å². The molecule has 2 rings (SSSR count). The molecule has 68 valence electrons. The molecule has 2 heterocycles. The quantitative estimate of drug-likeness (QED) is 0.696. The van der Waals surface area contributed by atoms with Crippen LogP contribution in [0, 0.1) is 0 Å². The van der Waals surface area contributed by atoms with Crippen LogP contribution in [0.3, 0.4) is 0 Å². The highest BCUT2D eigenvalue weighted by Gasteiger charge is 2.24. The highest BCUT2D eigenvalue weighted by atomic mass is 35.5. The molecule has 13 heavy (non-hydrogen) atoms. The van der Waals surface area contributed by atoms with Crippen molar-refractivity contribution in [2.45, 2.75) is 6.04 Å². The van der Waals surface area contributed by atoms with Gasteiger partial charge in [0.1, 0.15) is 17.8 Å². The van der Waals surface area contributed by atoms with Crippen molar-refractivity contribution < 1.29 is 9.53 Å². The molecule has 5 heteroatoms. The van der Waals surface area contributed by atoms with Gasteiger partial charge in [-0.25, -0.2) is 9.78 Å². The number of nitrogens with one attached hydrogen (secondary N) is 1. The van der Waals surface area contributed by atoms with Crippen molar-refractivity contribution in [2.75, 3.05) is 6.61 Å². The van der Waals surface area contributed by atoms with Crippen molar-refractivity contribution in [2.24, 2.45) is 0 Å². The van der Waals surface area contributed by atoms with Gasteiger partial charge in [0.25, 0.3) is 0 Å². The molecule has 0 bridgehead atoms. The number of cyclic esters (lactones) is 1. The maximum absolute atomic E-state index is 10.7. The van der Waals surface area contributed by atoms with E-state index in [1.165, 1.54) is 0 Å². The second kappa shape index (κ2) is 3.22. The van der Waals surface area contributed by atoms with Crippen LogP contribution in [0.15, 0.2) is 18.2 Å². The van der Waals surface area contributed by atoms with E-state index in [0.717, 1.165) is 5.69 Å². The van der Waals surface area contributed by atoms with Gasteiger partial charge in [0, 0.05) is 0 Å². The van der Waals surface area contributed by atoms with Gasteiger partial charge in [0.2, 0.25) is 0 Å². The second-order valence-electron chi connectivity index (χ2n) is 2.68. The van der Waals surface area contributed by atoms with Crippen molar-refractivity contribution in [1.82, 2.24) is 10.3 Å². The van der Waals surface area contributed by atoms with Crippen LogP contribution in [-0.2, 0) is 4.74 Å². The fourth-order valence-corrected chi connectivity index (χ4v) is 1.33. The zero-order chi connectivity index (χ0) is 9.26. The van der Waals surface area contributed by atoms with Gasteiger partial charge in [-0.1, -0.05) is 17.7 Å². The van der Waals surface area contributed by atoms with Crippen LogP contribution in [-0.4, -0.2) is 17.7 Å². The van der Waals surface area contributed by atoms with Gasteiger partial charge in [0.05, 0.1) is 5.69 Å². The summed E-state index contributed by atoms with van der Waals surface area (Å²) in [4.78, 5) is 14.8. The summed E-state index contributed by atoms with van der Waals surface area (Å²) in [5.41, 5.74) is 0.721. The second-order valence-corrected chi connectivity index (χ2v) is 3.07. The Labute approximate surface area is 79.9 Å². The number of rotatable bonds is 1. The third kappa shape index (κ3) is 1.72. The van der Waals surface area contributed by atoms with Gasteiger partial charge in [-0.2, -0.15) is 0 Å². The number of ether oxygens (including phenoxy) is 1. The first kappa shape index (κ1) is 8.31. The molecule has 1 atom stereocenters. The first-order chi connectivity index (χ1) is 6.25. The number of halogens is 1. The maximum Gasteiger partial charge on any atom is 0.407 e. The number of nitrogens with zero attached hydrogens (tertiary/aromatic N) is 1. The van der Waals surface area contributed by atoms with E-state index in [-0.39, 0.29) is 6.04 Å². The molecule has 0 radical (unpaired) electrons. The number of hydrogen-bond donors (Lipinski definition) is 1. The van der Waals surface area contributed by atoms with Gasteiger partial charge in [-0.15, -0.1) is 0 Å². The van der Waals surface area contributed by atoms with E-state index in [9.17, 15) is 4.79 Å². The molecule has 1 N–H and O–H groups in total. The summed E-state index contributed by atoms with van der Waals surface area (Å²) in [5, 5.41) is 3.03. The van der Waals surface area contributed by atoms with Gasteiger partial charge >= 0.3 is 6.09 Å². The fourth-order valence-electron chi connectivity index (χ4n) is 1.16. The molecular formula is C8H7ClN2O2. The summed E-state index contributed by atoms with van der Waals surface area (Å²) in [6, 6.07) is 5.09.